The third-order valence-corrected chi connectivity index (χ3v) is 2.02. The van der Waals surface area contributed by atoms with Crippen molar-refractivity contribution in [1.82, 2.24) is 5.32 Å². The molecule has 1 atom stereocenters. The molecule has 0 bridgehead atoms. The highest BCUT2D eigenvalue weighted by atomic mass is 32.2. The molecule has 13 heavy (non-hydrogen) atoms. The van der Waals surface area contributed by atoms with E-state index in [-0.39, 0.29) is 18.8 Å². The van der Waals surface area contributed by atoms with Crippen LogP contribution in [0.3, 0.4) is 0 Å². The SMILES string of the molecule is NC(CNCCS(N)(=O)=O)C(=O)O. The zero-order valence-corrected chi connectivity index (χ0v) is 7.75. The third kappa shape index (κ3) is 7.65. The van der Waals surface area contributed by atoms with Gasteiger partial charge >= 0.3 is 5.97 Å². The quantitative estimate of drug-likeness (QED) is 0.352. The van der Waals surface area contributed by atoms with Crippen LogP contribution in [0.15, 0.2) is 0 Å². The minimum Gasteiger partial charge on any atom is -0.480 e. The van der Waals surface area contributed by atoms with Crippen molar-refractivity contribution in [2.24, 2.45) is 10.9 Å². The Hall–Kier alpha value is -0.700. The van der Waals surface area contributed by atoms with Crippen LogP contribution < -0.4 is 16.2 Å². The first-order valence-corrected chi connectivity index (χ1v) is 5.24. The monoisotopic (exact) mass is 211 g/mol. The predicted octanol–water partition coefficient (Wildman–Crippen LogP) is -2.72. The Bertz CT molecular complexity index is 263. The van der Waals surface area contributed by atoms with E-state index in [2.05, 4.69) is 5.32 Å². The summed E-state index contributed by atoms with van der Waals surface area (Å²) in [6.45, 7) is 0.116. The van der Waals surface area contributed by atoms with Gasteiger partial charge in [-0.25, -0.2) is 13.6 Å². The summed E-state index contributed by atoms with van der Waals surface area (Å²) in [5.74, 6) is -1.37. The summed E-state index contributed by atoms with van der Waals surface area (Å²) in [5, 5.41) is 15.6. The summed E-state index contributed by atoms with van der Waals surface area (Å²) in [6, 6.07) is -1.03. The lowest BCUT2D eigenvalue weighted by Gasteiger charge is -2.06. The Kier molecular flexibility index (Phi) is 4.85. The number of nitrogens with two attached hydrogens (primary N) is 2. The van der Waals surface area contributed by atoms with Gasteiger partial charge in [-0.2, -0.15) is 0 Å². The molecule has 0 saturated carbocycles. The molecule has 0 heterocycles. The first-order chi connectivity index (χ1) is 5.83. The fourth-order valence-electron chi connectivity index (χ4n) is 0.559. The van der Waals surface area contributed by atoms with Crippen LogP contribution in [-0.4, -0.2) is 44.4 Å². The lowest BCUT2D eigenvalue weighted by Crippen LogP contribution is -2.41. The van der Waals surface area contributed by atoms with Crippen molar-refractivity contribution in [2.75, 3.05) is 18.8 Å². The highest BCUT2D eigenvalue weighted by Gasteiger charge is 2.10. The van der Waals surface area contributed by atoms with Crippen molar-refractivity contribution in [2.45, 2.75) is 6.04 Å². The van der Waals surface area contributed by atoms with E-state index in [9.17, 15) is 13.2 Å². The second kappa shape index (κ2) is 5.12. The Balaban J connectivity index is 3.53. The smallest absolute Gasteiger partial charge is 0.321 e. The van der Waals surface area contributed by atoms with Crippen molar-refractivity contribution in [3.8, 4) is 0 Å². The van der Waals surface area contributed by atoms with Crippen molar-refractivity contribution in [1.29, 1.82) is 0 Å². The number of hydrogen-bond acceptors (Lipinski definition) is 5. The number of carboxylic acids is 1. The average molecular weight is 211 g/mol. The van der Waals surface area contributed by atoms with E-state index in [0.717, 1.165) is 0 Å². The third-order valence-electron chi connectivity index (χ3n) is 1.24. The molecule has 6 N–H and O–H groups in total. The number of sulfonamides is 1. The molecule has 0 aliphatic rings. The van der Waals surface area contributed by atoms with Crippen molar-refractivity contribution < 1.29 is 18.3 Å². The second-order valence-electron chi connectivity index (χ2n) is 2.52. The first-order valence-electron chi connectivity index (χ1n) is 3.52. The van der Waals surface area contributed by atoms with E-state index in [0.29, 0.717) is 0 Å². The van der Waals surface area contributed by atoms with Crippen molar-refractivity contribution in [3.05, 3.63) is 0 Å². The number of aliphatic carboxylic acids is 1. The Morgan fingerprint density at radius 1 is 1.54 bits per heavy atom. The molecule has 0 aromatic rings. The molecule has 0 aromatic carbocycles. The van der Waals surface area contributed by atoms with Crippen LogP contribution in [0.4, 0.5) is 0 Å². The molecular weight excluding hydrogens is 198 g/mol. The van der Waals surface area contributed by atoms with Gasteiger partial charge in [-0.15, -0.1) is 0 Å². The minimum absolute atomic E-state index is 0.0187. The molecule has 0 saturated heterocycles. The fourth-order valence-corrected chi connectivity index (χ4v) is 0.988. The summed E-state index contributed by atoms with van der Waals surface area (Å²) < 4.78 is 20.8. The normalized spacial score (nSPS) is 14.0. The number of nitrogens with one attached hydrogen (secondary N) is 1. The van der Waals surface area contributed by atoms with Gasteiger partial charge < -0.3 is 16.2 Å². The average Bonchev–Trinajstić information content (AvgIpc) is 1.95. The molecule has 0 aromatic heterocycles. The second-order valence-corrected chi connectivity index (χ2v) is 4.25. The van der Waals surface area contributed by atoms with Gasteiger partial charge in [0.2, 0.25) is 10.0 Å². The van der Waals surface area contributed by atoms with Gasteiger partial charge in [0, 0.05) is 13.1 Å². The van der Waals surface area contributed by atoms with Crippen LogP contribution in [0.2, 0.25) is 0 Å². The van der Waals surface area contributed by atoms with Crippen LogP contribution in [0.25, 0.3) is 0 Å². The van der Waals surface area contributed by atoms with Crippen molar-refractivity contribution in [3.63, 3.8) is 0 Å². The highest BCUT2D eigenvalue weighted by Crippen LogP contribution is 1.77. The maximum atomic E-state index is 10.4. The van der Waals surface area contributed by atoms with Crippen LogP contribution in [-0.2, 0) is 14.8 Å². The Labute approximate surface area is 76.1 Å². The molecule has 0 aliphatic heterocycles. The van der Waals surface area contributed by atoms with Crippen LogP contribution in [0, 0.1) is 0 Å². The molecule has 8 heteroatoms. The summed E-state index contributed by atoms with van der Waals surface area (Å²) in [5.41, 5.74) is 5.12. The van der Waals surface area contributed by atoms with Gasteiger partial charge in [0.05, 0.1) is 5.75 Å². The number of hydrogen-bond donors (Lipinski definition) is 4. The van der Waals surface area contributed by atoms with E-state index >= 15 is 0 Å². The molecule has 0 radical (unpaired) electrons. The highest BCUT2D eigenvalue weighted by molar-refractivity contribution is 7.89. The van der Waals surface area contributed by atoms with Gasteiger partial charge in [-0.05, 0) is 0 Å². The van der Waals surface area contributed by atoms with Gasteiger partial charge in [0.25, 0.3) is 0 Å². The Morgan fingerprint density at radius 3 is 2.46 bits per heavy atom. The maximum absolute atomic E-state index is 10.4. The predicted molar refractivity (Wildman–Crippen MR) is 46.5 cm³/mol. The van der Waals surface area contributed by atoms with Crippen LogP contribution in [0.1, 0.15) is 0 Å². The molecule has 1 unspecified atom stereocenters. The van der Waals surface area contributed by atoms with Crippen molar-refractivity contribution >= 4 is 16.0 Å². The number of carbonyl (C=O) groups is 1. The van der Waals surface area contributed by atoms with Gasteiger partial charge in [0.15, 0.2) is 0 Å². The largest absolute Gasteiger partial charge is 0.480 e. The van der Waals surface area contributed by atoms with E-state index in [1.807, 2.05) is 0 Å². The molecule has 0 fully saturated rings. The fraction of sp³-hybridized carbons (Fsp3) is 0.800. The molecule has 0 rings (SSSR count). The molecule has 0 spiro atoms. The van der Waals surface area contributed by atoms with E-state index in [1.165, 1.54) is 0 Å². The van der Waals surface area contributed by atoms with Gasteiger partial charge in [-0.1, -0.05) is 0 Å². The zero-order valence-electron chi connectivity index (χ0n) is 6.93. The molecule has 7 nitrogen and oxygen atoms in total. The molecular formula is C5H13N3O4S. The lowest BCUT2D eigenvalue weighted by molar-refractivity contribution is -0.138. The molecule has 0 amide bonds. The van der Waals surface area contributed by atoms with E-state index < -0.39 is 22.0 Å². The van der Waals surface area contributed by atoms with Gasteiger partial charge in [0.1, 0.15) is 6.04 Å². The summed E-state index contributed by atoms with van der Waals surface area (Å²) >= 11 is 0. The van der Waals surface area contributed by atoms with Crippen LogP contribution in [0.5, 0.6) is 0 Å². The first kappa shape index (κ1) is 12.3. The zero-order chi connectivity index (χ0) is 10.5. The Morgan fingerprint density at radius 2 is 2.08 bits per heavy atom. The standard InChI is InChI=1S/C5H13N3O4S/c6-4(5(9)10)3-8-1-2-13(7,11)12/h4,8H,1-3,6H2,(H,9,10)(H2,7,11,12). The molecule has 0 aliphatic carbocycles. The van der Waals surface area contributed by atoms with Crippen LogP contribution >= 0.6 is 0 Å². The summed E-state index contributed by atoms with van der Waals surface area (Å²) in [7, 11) is -3.49. The number of carboxylic acid groups (broad SMARTS) is 1. The van der Waals surface area contributed by atoms with E-state index in [1.54, 1.807) is 0 Å². The maximum Gasteiger partial charge on any atom is 0.321 e. The summed E-state index contributed by atoms with van der Waals surface area (Å²) in [6.07, 6.45) is 0. The topological polar surface area (TPSA) is 136 Å². The lowest BCUT2D eigenvalue weighted by atomic mass is 10.3. The molecule has 78 valence electrons. The summed E-state index contributed by atoms with van der Waals surface area (Å²) in [4.78, 5) is 10.2. The number of rotatable bonds is 6. The number of primary sulfonamides is 1. The van der Waals surface area contributed by atoms with Gasteiger partial charge in [-0.3, -0.25) is 4.79 Å². The van der Waals surface area contributed by atoms with E-state index in [4.69, 9.17) is 16.0 Å². The minimum atomic E-state index is -3.49.